The van der Waals surface area contributed by atoms with Crippen molar-refractivity contribution in [3.63, 3.8) is 0 Å². The van der Waals surface area contributed by atoms with Crippen LogP contribution < -0.4 is 5.32 Å². The second-order valence-corrected chi connectivity index (χ2v) is 5.78. The number of rotatable bonds is 2. The number of carbonyl (C=O) groups excluding carboxylic acids is 1. The zero-order valence-corrected chi connectivity index (χ0v) is 11.4. The first-order valence-corrected chi connectivity index (χ1v) is 7.04. The van der Waals surface area contributed by atoms with E-state index in [-0.39, 0.29) is 11.7 Å². The summed E-state index contributed by atoms with van der Waals surface area (Å²) in [6.45, 7) is 1.79. The Kier molecular flexibility index (Phi) is 2.98. The lowest BCUT2D eigenvalue weighted by atomic mass is 10.1. The Balaban J connectivity index is 1.78. The molecule has 1 aliphatic carbocycles. The van der Waals surface area contributed by atoms with Crippen molar-refractivity contribution in [2.75, 3.05) is 5.32 Å². The molecule has 0 spiro atoms. The predicted molar refractivity (Wildman–Crippen MR) is 74.9 cm³/mol. The summed E-state index contributed by atoms with van der Waals surface area (Å²) in [4.78, 5) is 17.7. The van der Waals surface area contributed by atoms with Crippen LogP contribution in [0.4, 0.5) is 5.13 Å². The second-order valence-electron chi connectivity index (χ2n) is 4.70. The Bertz CT molecular complexity index is 627. The number of anilines is 1. The van der Waals surface area contributed by atoms with E-state index in [0.29, 0.717) is 10.7 Å². The Morgan fingerprint density at radius 3 is 3.00 bits per heavy atom. The highest BCUT2D eigenvalue weighted by Gasteiger charge is 2.18. The highest BCUT2D eigenvalue weighted by atomic mass is 32.1. The van der Waals surface area contributed by atoms with Crippen LogP contribution in [0.2, 0.25) is 0 Å². The number of nitrogens with zero attached hydrogens (tertiary/aromatic N) is 1. The summed E-state index contributed by atoms with van der Waals surface area (Å²) >= 11 is 1.55. The van der Waals surface area contributed by atoms with Gasteiger partial charge in [0.2, 0.25) is 0 Å². The van der Waals surface area contributed by atoms with Crippen molar-refractivity contribution in [2.45, 2.75) is 26.2 Å². The van der Waals surface area contributed by atoms with Gasteiger partial charge in [-0.15, -0.1) is 11.3 Å². The number of phenols is 1. The van der Waals surface area contributed by atoms with E-state index in [9.17, 15) is 9.90 Å². The molecule has 0 fully saturated rings. The largest absolute Gasteiger partial charge is 0.508 e. The molecule has 19 heavy (non-hydrogen) atoms. The molecular formula is C14H14N2O2S. The van der Waals surface area contributed by atoms with Crippen LogP contribution in [0.3, 0.4) is 0 Å². The van der Waals surface area contributed by atoms with Gasteiger partial charge >= 0.3 is 0 Å². The molecule has 3 rings (SSSR count). The molecule has 0 aliphatic heterocycles. The maximum atomic E-state index is 12.0. The standard InChI is InChI=1S/C14H14N2O2S/c1-8-5-6-9(7-11(8)17)13(18)16-14-15-10-3-2-4-12(10)19-14/h5-7,17H,2-4H2,1H3,(H,15,16,18). The number of benzene rings is 1. The molecule has 1 aliphatic rings. The third-order valence-corrected chi connectivity index (χ3v) is 4.36. The van der Waals surface area contributed by atoms with Gasteiger partial charge in [-0.05, 0) is 43.9 Å². The van der Waals surface area contributed by atoms with Gasteiger partial charge in [0, 0.05) is 10.4 Å². The van der Waals surface area contributed by atoms with Gasteiger partial charge in [-0.1, -0.05) is 6.07 Å². The van der Waals surface area contributed by atoms with Crippen molar-refractivity contribution in [3.8, 4) is 5.75 Å². The van der Waals surface area contributed by atoms with E-state index in [1.807, 2.05) is 0 Å². The van der Waals surface area contributed by atoms with Gasteiger partial charge in [-0.2, -0.15) is 0 Å². The number of thiazole rings is 1. The monoisotopic (exact) mass is 274 g/mol. The van der Waals surface area contributed by atoms with Crippen molar-refractivity contribution in [2.24, 2.45) is 0 Å². The SMILES string of the molecule is Cc1ccc(C(=O)Nc2nc3c(s2)CCC3)cc1O. The zero-order valence-electron chi connectivity index (χ0n) is 10.6. The van der Waals surface area contributed by atoms with Gasteiger partial charge in [0.05, 0.1) is 5.69 Å². The molecule has 4 nitrogen and oxygen atoms in total. The Hall–Kier alpha value is -1.88. The topological polar surface area (TPSA) is 62.2 Å². The molecule has 5 heteroatoms. The summed E-state index contributed by atoms with van der Waals surface area (Å²) in [6.07, 6.45) is 3.23. The average Bonchev–Trinajstić information content (AvgIpc) is 2.93. The Morgan fingerprint density at radius 2 is 2.26 bits per heavy atom. The zero-order chi connectivity index (χ0) is 13.4. The molecule has 0 unspecified atom stereocenters. The van der Waals surface area contributed by atoms with Crippen molar-refractivity contribution >= 4 is 22.4 Å². The van der Waals surface area contributed by atoms with E-state index < -0.39 is 0 Å². The van der Waals surface area contributed by atoms with Crippen LogP contribution in [0.5, 0.6) is 5.75 Å². The van der Waals surface area contributed by atoms with Gasteiger partial charge in [0.15, 0.2) is 5.13 Å². The third kappa shape index (κ3) is 2.33. The van der Waals surface area contributed by atoms with Gasteiger partial charge in [0.25, 0.3) is 5.91 Å². The third-order valence-electron chi connectivity index (χ3n) is 3.29. The van der Waals surface area contributed by atoms with Crippen LogP contribution in [0.25, 0.3) is 0 Å². The first kappa shape index (κ1) is 12.2. The number of nitrogens with one attached hydrogen (secondary N) is 1. The molecule has 0 radical (unpaired) electrons. The van der Waals surface area contributed by atoms with Crippen molar-refractivity contribution in [1.29, 1.82) is 0 Å². The number of phenolic OH excluding ortho intramolecular Hbond substituents is 1. The lowest BCUT2D eigenvalue weighted by molar-refractivity contribution is 0.102. The number of fused-ring (bicyclic) bond motifs is 1. The fourth-order valence-corrected chi connectivity index (χ4v) is 3.21. The van der Waals surface area contributed by atoms with Crippen LogP contribution in [0.1, 0.15) is 32.9 Å². The van der Waals surface area contributed by atoms with Crippen LogP contribution in [0.15, 0.2) is 18.2 Å². The molecule has 1 heterocycles. The number of amides is 1. The molecule has 0 saturated heterocycles. The summed E-state index contributed by atoms with van der Waals surface area (Å²) in [6, 6.07) is 4.91. The van der Waals surface area contributed by atoms with E-state index in [1.165, 1.54) is 10.9 Å². The van der Waals surface area contributed by atoms with E-state index >= 15 is 0 Å². The normalized spacial score (nSPS) is 13.3. The second kappa shape index (κ2) is 4.66. The minimum atomic E-state index is -0.234. The molecule has 0 atom stereocenters. The number of hydrogen-bond donors (Lipinski definition) is 2. The average molecular weight is 274 g/mol. The lowest BCUT2D eigenvalue weighted by Crippen LogP contribution is -2.11. The quantitative estimate of drug-likeness (QED) is 0.885. The van der Waals surface area contributed by atoms with E-state index in [1.54, 1.807) is 30.4 Å². The molecule has 98 valence electrons. The minimum Gasteiger partial charge on any atom is -0.508 e. The fraction of sp³-hybridized carbons (Fsp3) is 0.286. The van der Waals surface area contributed by atoms with Crippen molar-refractivity contribution in [1.82, 2.24) is 4.98 Å². The molecule has 2 aromatic rings. The Labute approximate surface area is 115 Å². The van der Waals surface area contributed by atoms with E-state index in [0.717, 1.165) is 30.5 Å². The van der Waals surface area contributed by atoms with E-state index in [4.69, 9.17) is 0 Å². The molecule has 1 amide bonds. The summed E-state index contributed by atoms with van der Waals surface area (Å²) in [5.74, 6) is -0.1000. The number of aromatic nitrogens is 1. The first-order chi connectivity index (χ1) is 9.13. The number of aryl methyl sites for hydroxylation is 3. The molecule has 0 saturated carbocycles. The van der Waals surface area contributed by atoms with Gasteiger partial charge < -0.3 is 5.11 Å². The molecule has 2 N–H and O–H groups in total. The van der Waals surface area contributed by atoms with Gasteiger partial charge in [0.1, 0.15) is 5.75 Å². The summed E-state index contributed by atoms with van der Waals surface area (Å²) in [7, 11) is 0. The number of aromatic hydroxyl groups is 1. The smallest absolute Gasteiger partial charge is 0.257 e. The molecular weight excluding hydrogens is 260 g/mol. The van der Waals surface area contributed by atoms with Gasteiger partial charge in [-0.25, -0.2) is 4.98 Å². The van der Waals surface area contributed by atoms with Crippen LogP contribution >= 0.6 is 11.3 Å². The maximum Gasteiger partial charge on any atom is 0.257 e. The fourth-order valence-electron chi connectivity index (χ4n) is 2.16. The number of hydrogen-bond acceptors (Lipinski definition) is 4. The van der Waals surface area contributed by atoms with Crippen LogP contribution in [-0.4, -0.2) is 16.0 Å². The molecule has 1 aromatic carbocycles. The minimum absolute atomic E-state index is 0.134. The first-order valence-electron chi connectivity index (χ1n) is 6.23. The highest BCUT2D eigenvalue weighted by molar-refractivity contribution is 7.15. The molecule has 0 bridgehead atoms. The lowest BCUT2D eigenvalue weighted by Gasteiger charge is -2.04. The van der Waals surface area contributed by atoms with Crippen LogP contribution in [0, 0.1) is 6.92 Å². The summed E-state index contributed by atoms with van der Waals surface area (Å²) in [5.41, 5.74) is 2.32. The van der Waals surface area contributed by atoms with Crippen molar-refractivity contribution < 1.29 is 9.90 Å². The predicted octanol–water partition coefficient (Wildman–Crippen LogP) is 2.90. The van der Waals surface area contributed by atoms with E-state index in [2.05, 4.69) is 10.3 Å². The highest BCUT2D eigenvalue weighted by Crippen LogP contribution is 2.30. The Morgan fingerprint density at radius 1 is 1.42 bits per heavy atom. The van der Waals surface area contributed by atoms with Crippen LogP contribution in [-0.2, 0) is 12.8 Å². The van der Waals surface area contributed by atoms with Gasteiger partial charge in [-0.3, -0.25) is 10.1 Å². The van der Waals surface area contributed by atoms with Crippen molar-refractivity contribution in [3.05, 3.63) is 39.9 Å². The maximum absolute atomic E-state index is 12.0. The summed E-state index contributed by atoms with van der Waals surface area (Å²) < 4.78 is 0. The summed E-state index contributed by atoms with van der Waals surface area (Å²) in [5, 5.41) is 13.1. The number of carbonyl (C=O) groups is 1. The molecule has 1 aromatic heterocycles.